The molecule has 0 bridgehead atoms. The zero-order valence-electron chi connectivity index (χ0n) is 9.89. The molecule has 0 heterocycles. The second-order valence-corrected chi connectivity index (χ2v) is 3.52. The summed E-state index contributed by atoms with van der Waals surface area (Å²) in [5, 5.41) is 8.73. The molecule has 1 N–H and O–H groups in total. The first-order valence-corrected chi connectivity index (χ1v) is 5.04. The van der Waals surface area contributed by atoms with Gasteiger partial charge in [-0.15, -0.1) is 0 Å². The highest BCUT2D eigenvalue weighted by molar-refractivity contribution is 5.94. The Labute approximate surface area is 99.0 Å². The van der Waals surface area contributed by atoms with Gasteiger partial charge in [0, 0.05) is 5.56 Å². The summed E-state index contributed by atoms with van der Waals surface area (Å²) in [6.45, 7) is 2.86. The number of Topliss-reactive ketones (excluding diaryl/α,β-unsaturated/α-hetero) is 1. The SMILES string of the molecule is COc1cc(C(C)=O)ccc1OC(C)C(=O)O. The van der Waals surface area contributed by atoms with Gasteiger partial charge in [-0.2, -0.15) is 0 Å². The largest absolute Gasteiger partial charge is 0.493 e. The lowest BCUT2D eigenvalue weighted by molar-refractivity contribution is -0.144. The molecule has 1 unspecified atom stereocenters. The second kappa shape index (κ2) is 5.34. The third-order valence-corrected chi connectivity index (χ3v) is 2.22. The first-order chi connectivity index (χ1) is 7.95. The van der Waals surface area contributed by atoms with Gasteiger partial charge < -0.3 is 14.6 Å². The van der Waals surface area contributed by atoms with Crippen molar-refractivity contribution in [3.05, 3.63) is 23.8 Å². The molecule has 1 rings (SSSR count). The maximum atomic E-state index is 11.2. The molecule has 0 aromatic heterocycles. The molecule has 0 fully saturated rings. The van der Waals surface area contributed by atoms with Gasteiger partial charge in [0.25, 0.3) is 0 Å². The topological polar surface area (TPSA) is 72.8 Å². The van der Waals surface area contributed by atoms with Gasteiger partial charge in [0.1, 0.15) is 0 Å². The molecule has 0 spiro atoms. The van der Waals surface area contributed by atoms with E-state index in [0.717, 1.165) is 0 Å². The summed E-state index contributed by atoms with van der Waals surface area (Å²) < 4.78 is 10.2. The summed E-state index contributed by atoms with van der Waals surface area (Å²) in [5.74, 6) is -0.526. The third-order valence-electron chi connectivity index (χ3n) is 2.22. The molecular weight excluding hydrogens is 224 g/mol. The van der Waals surface area contributed by atoms with E-state index in [4.69, 9.17) is 14.6 Å². The van der Waals surface area contributed by atoms with Crippen molar-refractivity contribution < 1.29 is 24.2 Å². The van der Waals surface area contributed by atoms with Crippen LogP contribution in [0.2, 0.25) is 0 Å². The Morgan fingerprint density at radius 2 is 1.94 bits per heavy atom. The van der Waals surface area contributed by atoms with Gasteiger partial charge in [-0.25, -0.2) is 4.79 Å². The Bertz CT molecular complexity index is 439. The Kier molecular flexibility index (Phi) is 4.09. The van der Waals surface area contributed by atoms with Crippen LogP contribution in [0.3, 0.4) is 0 Å². The van der Waals surface area contributed by atoms with Crippen molar-refractivity contribution in [2.45, 2.75) is 20.0 Å². The van der Waals surface area contributed by atoms with Crippen LogP contribution in [0.15, 0.2) is 18.2 Å². The van der Waals surface area contributed by atoms with Crippen LogP contribution in [0.1, 0.15) is 24.2 Å². The smallest absolute Gasteiger partial charge is 0.344 e. The Morgan fingerprint density at radius 3 is 2.41 bits per heavy atom. The average molecular weight is 238 g/mol. The van der Waals surface area contributed by atoms with Crippen molar-refractivity contribution in [1.82, 2.24) is 0 Å². The van der Waals surface area contributed by atoms with Crippen LogP contribution in [-0.2, 0) is 4.79 Å². The zero-order valence-corrected chi connectivity index (χ0v) is 9.89. The van der Waals surface area contributed by atoms with Gasteiger partial charge in [0.05, 0.1) is 7.11 Å². The van der Waals surface area contributed by atoms with E-state index in [1.54, 1.807) is 6.07 Å². The maximum absolute atomic E-state index is 11.2. The van der Waals surface area contributed by atoms with Crippen LogP contribution in [-0.4, -0.2) is 30.1 Å². The minimum Gasteiger partial charge on any atom is -0.493 e. The van der Waals surface area contributed by atoms with Crippen LogP contribution < -0.4 is 9.47 Å². The van der Waals surface area contributed by atoms with Crippen molar-refractivity contribution in [2.75, 3.05) is 7.11 Å². The van der Waals surface area contributed by atoms with Gasteiger partial charge in [0.2, 0.25) is 0 Å². The van der Waals surface area contributed by atoms with E-state index < -0.39 is 12.1 Å². The van der Waals surface area contributed by atoms with Crippen LogP contribution in [0.25, 0.3) is 0 Å². The number of rotatable bonds is 5. The molecule has 1 atom stereocenters. The number of hydrogen-bond acceptors (Lipinski definition) is 4. The lowest BCUT2D eigenvalue weighted by Crippen LogP contribution is -2.23. The fourth-order valence-electron chi connectivity index (χ4n) is 1.22. The molecular formula is C12H14O5. The zero-order chi connectivity index (χ0) is 13.0. The van der Waals surface area contributed by atoms with Gasteiger partial charge in [0.15, 0.2) is 23.4 Å². The lowest BCUT2D eigenvalue weighted by Gasteiger charge is -2.14. The van der Waals surface area contributed by atoms with Crippen molar-refractivity contribution >= 4 is 11.8 Å². The van der Waals surface area contributed by atoms with Crippen molar-refractivity contribution in [1.29, 1.82) is 0 Å². The molecule has 0 aliphatic heterocycles. The minimum absolute atomic E-state index is 0.0962. The predicted molar refractivity (Wildman–Crippen MR) is 60.7 cm³/mol. The van der Waals surface area contributed by atoms with E-state index in [1.165, 1.54) is 33.1 Å². The summed E-state index contributed by atoms with van der Waals surface area (Å²) in [5.41, 5.74) is 0.483. The quantitative estimate of drug-likeness (QED) is 0.791. The molecule has 1 aromatic carbocycles. The van der Waals surface area contributed by atoms with E-state index >= 15 is 0 Å². The van der Waals surface area contributed by atoms with Crippen molar-refractivity contribution in [2.24, 2.45) is 0 Å². The van der Waals surface area contributed by atoms with Crippen molar-refractivity contribution in [3.63, 3.8) is 0 Å². The monoisotopic (exact) mass is 238 g/mol. The molecule has 17 heavy (non-hydrogen) atoms. The molecule has 1 aromatic rings. The fourth-order valence-corrected chi connectivity index (χ4v) is 1.22. The number of carboxylic acids is 1. The van der Waals surface area contributed by atoms with E-state index in [1.807, 2.05) is 0 Å². The van der Waals surface area contributed by atoms with Crippen LogP contribution in [0, 0.1) is 0 Å². The standard InChI is InChI=1S/C12H14O5/c1-7(13)9-4-5-10(11(6-9)16-3)17-8(2)12(14)15/h4-6,8H,1-3H3,(H,14,15). The maximum Gasteiger partial charge on any atom is 0.344 e. The van der Waals surface area contributed by atoms with Gasteiger partial charge in [-0.05, 0) is 32.0 Å². The number of aliphatic carboxylic acids is 1. The number of carbonyl (C=O) groups is 2. The third kappa shape index (κ3) is 3.21. The Morgan fingerprint density at radius 1 is 1.29 bits per heavy atom. The summed E-state index contributed by atoms with van der Waals surface area (Å²) in [4.78, 5) is 21.8. The first kappa shape index (κ1) is 13.0. The number of methoxy groups -OCH3 is 1. The Balaban J connectivity index is 3.00. The van der Waals surface area contributed by atoms with Crippen molar-refractivity contribution in [3.8, 4) is 11.5 Å². The molecule has 5 heteroatoms. The molecule has 92 valence electrons. The number of hydrogen-bond donors (Lipinski definition) is 1. The summed E-state index contributed by atoms with van der Waals surface area (Å²) in [7, 11) is 1.43. The molecule has 0 saturated carbocycles. The van der Waals surface area contributed by atoms with E-state index in [0.29, 0.717) is 17.1 Å². The highest BCUT2D eigenvalue weighted by Crippen LogP contribution is 2.29. The number of carboxylic acid groups (broad SMARTS) is 1. The fraction of sp³-hybridized carbons (Fsp3) is 0.333. The molecule has 0 radical (unpaired) electrons. The van der Waals surface area contributed by atoms with E-state index in [9.17, 15) is 9.59 Å². The molecule has 5 nitrogen and oxygen atoms in total. The number of ether oxygens (including phenoxy) is 2. The van der Waals surface area contributed by atoms with Crippen LogP contribution >= 0.6 is 0 Å². The normalized spacial score (nSPS) is 11.7. The van der Waals surface area contributed by atoms with Gasteiger partial charge in [-0.1, -0.05) is 0 Å². The second-order valence-electron chi connectivity index (χ2n) is 3.52. The Hall–Kier alpha value is -2.04. The number of benzene rings is 1. The summed E-state index contributed by atoms with van der Waals surface area (Å²) in [6.07, 6.45) is -0.980. The van der Waals surface area contributed by atoms with E-state index in [-0.39, 0.29) is 5.78 Å². The molecule has 0 amide bonds. The number of ketones is 1. The lowest BCUT2D eigenvalue weighted by atomic mass is 10.1. The molecule has 0 aliphatic rings. The first-order valence-electron chi connectivity index (χ1n) is 5.04. The average Bonchev–Trinajstić information content (AvgIpc) is 2.28. The van der Waals surface area contributed by atoms with Crippen LogP contribution in [0.4, 0.5) is 0 Å². The number of carbonyl (C=O) groups excluding carboxylic acids is 1. The highest BCUT2D eigenvalue weighted by atomic mass is 16.5. The minimum atomic E-state index is -1.07. The van der Waals surface area contributed by atoms with Gasteiger partial charge in [-0.3, -0.25) is 4.79 Å². The highest BCUT2D eigenvalue weighted by Gasteiger charge is 2.16. The predicted octanol–water partition coefficient (Wildman–Crippen LogP) is 1.75. The summed E-state index contributed by atoms with van der Waals surface area (Å²) >= 11 is 0. The molecule has 0 saturated heterocycles. The molecule has 0 aliphatic carbocycles. The van der Waals surface area contributed by atoms with E-state index in [2.05, 4.69) is 0 Å². The van der Waals surface area contributed by atoms with Crippen LogP contribution in [0.5, 0.6) is 11.5 Å². The van der Waals surface area contributed by atoms with Gasteiger partial charge >= 0.3 is 5.97 Å². The summed E-state index contributed by atoms with van der Waals surface area (Å²) in [6, 6.07) is 4.61.